The second-order valence-electron chi connectivity index (χ2n) is 6.57. The van der Waals surface area contributed by atoms with Gasteiger partial charge in [0.1, 0.15) is 5.76 Å². The minimum atomic E-state index is -3.91. The standard InChI is InChI=1S/C21H21ClN2O4S/c1-16-4-2-5-17(12-16)14-24(15-21(25)23-13-19-6-3-11-28-19)29(26,27)20-9-7-18(22)8-10-20/h2-12H,13-15H2,1H3,(H,23,25). The van der Waals surface area contributed by atoms with E-state index in [2.05, 4.69) is 5.32 Å². The van der Waals surface area contributed by atoms with Gasteiger partial charge >= 0.3 is 0 Å². The largest absolute Gasteiger partial charge is 0.467 e. The molecular formula is C21H21ClN2O4S. The van der Waals surface area contributed by atoms with Gasteiger partial charge in [-0.05, 0) is 48.9 Å². The number of halogens is 1. The maximum Gasteiger partial charge on any atom is 0.243 e. The number of aryl methyl sites for hydroxylation is 1. The number of nitrogens with one attached hydrogen (secondary N) is 1. The van der Waals surface area contributed by atoms with E-state index in [4.69, 9.17) is 16.0 Å². The predicted molar refractivity (Wildman–Crippen MR) is 111 cm³/mol. The third-order valence-corrected chi connectivity index (χ3v) is 6.31. The van der Waals surface area contributed by atoms with Crippen LogP contribution in [0.1, 0.15) is 16.9 Å². The maximum atomic E-state index is 13.2. The van der Waals surface area contributed by atoms with Gasteiger partial charge in [0.25, 0.3) is 0 Å². The number of benzene rings is 2. The Balaban J connectivity index is 1.82. The molecule has 1 heterocycles. The Morgan fingerprint density at radius 1 is 1.10 bits per heavy atom. The molecule has 0 aliphatic carbocycles. The second kappa shape index (κ2) is 9.26. The molecule has 0 saturated carbocycles. The first-order chi connectivity index (χ1) is 13.8. The molecule has 1 N–H and O–H groups in total. The average molecular weight is 433 g/mol. The number of carbonyl (C=O) groups is 1. The molecule has 1 amide bonds. The molecule has 0 unspecified atom stereocenters. The molecule has 0 radical (unpaired) electrons. The number of hydrogen-bond acceptors (Lipinski definition) is 4. The summed E-state index contributed by atoms with van der Waals surface area (Å²) in [7, 11) is -3.91. The van der Waals surface area contributed by atoms with Gasteiger partial charge in [-0.1, -0.05) is 41.4 Å². The van der Waals surface area contributed by atoms with Crippen molar-refractivity contribution in [2.75, 3.05) is 6.54 Å². The van der Waals surface area contributed by atoms with E-state index in [0.29, 0.717) is 10.8 Å². The van der Waals surface area contributed by atoms with Crippen molar-refractivity contribution >= 4 is 27.5 Å². The fourth-order valence-corrected chi connectivity index (χ4v) is 4.32. The highest BCUT2D eigenvalue weighted by Gasteiger charge is 2.27. The molecular weight excluding hydrogens is 412 g/mol. The van der Waals surface area contributed by atoms with Crippen molar-refractivity contribution < 1.29 is 17.6 Å². The van der Waals surface area contributed by atoms with Gasteiger partial charge in [-0.2, -0.15) is 4.31 Å². The van der Waals surface area contributed by atoms with Crippen molar-refractivity contribution in [2.45, 2.75) is 24.9 Å². The number of nitrogens with zero attached hydrogens (tertiary/aromatic N) is 1. The van der Waals surface area contributed by atoms with Crippen LogP contribution in [-0.2, 0) is 27.9 Å². The topological polar surface area (TPSA) is 79.6 Å². The highest BCUT2D eigenvalue weighted by atomic mass is 35.5. The fraction of sp³-hybridized carbons (Fsp3) is 0.190. The molecule has 0 atom stereocenters. The summed E-state index contributed by atoms with van der Waals surface area (Å²) in [6.45, 7) is 1.86. The van der Waals surface area contributed by atoms with Crippen molar-refractivity contribution in [3.63, 3.8) is 0 Å². The number of rotatable bonds is 8. The van der Waals surface area contributed by atoms with E-state index in [1.165, 1.54) is 30.5 Å². The summed E-state index contributed by atoms with van der Waals surface area (Å²) in [5.41, 5.74) is 1.80. The molecule has 0 aliphatic rings. The zero-order valence-corrected chi connectivity index (χ0v) is 17.4. The summed E-state index contributed by atoms with van der Waals surface area (Å²) >= 11 is 5.88. The molecule has 6 nitrogen and oxygen atoms in total. The zero-order valence-electron chi connectivity index (χ0n) is 15.8. The van der Waals surface area contributed by atoms with Gasteiger partial charge in [0, 0.05) is 11.6 Å². The molecule has 1 aromatic heterocycles. The molecule has 0 fully saturated rings. The van der Waals surface area contributed by atoms with Gasteiger partial charge in [-0.25, -0.2) is 8.42 Å². The molecule has 3 aromatic rings. The number of amides is 1. The van der Waals surface area contributed by atoms with Crippen LogP contribution in [0.25, 0.3) is 0 Å². The first-order valence-electron chi connectivity index (χ1n) is 8.95. The Kier molecular flexibility index (Phi) is 6.74. The molecule has 29 heavy (non-hydrogen) atoms. The van der Waals surface area contributed by atoms with E-state index in [-0.39, 0.29) is 24.5 Å². The van der Waals surface area contributed by atoms with E-state index in [0.717, 1.165) is 15.4 Å². The molecule has 0 spiro atoms. The lowest BCUT2D eigenvalue weighted by Crippen LogP contribution is -2.40. The lowest BCUT2D eigenvalue weighted by atomic mass is 10.1. The number of carbonyl (C=O) groups excluding carboxylic acids is 1. The zero-order chi connectivity index (χ0) is 20.9. The van der Waals surface area contributed by atoms with Crippen LogP contribution in [0.15, 0.2) is 76.2 Å². The third-order valence-electron chi connectivity index (χ3n) is 4.25. The summed E-state index contributed by atoms with van der Waals surface area (Å²) < 4.78 is 32.7. The lowest BCUT2D eigenvalue weighted by Gasteiger charge is -2.22. The molecule has 2 aromatic carbocycles. The minimum absolute atomic E-state index is 0.0702. The van der Waals surface area contributed by atoms with Gasteiger partial charge in [0.05, 0.1) is 24.2 Å². The van der Waals surface area contributed by atoms with Crippen LogP contribution in [-0.4, -0.2) is 25.2 Å². The quantitative estimate of drug-likeness (QED) is 0.588. The van der Waals surface area contributed by atoms with Crippen LogP contribution in [0.2, 0.25) is 5.02 Å². The highest BCUT2D eigenvalue weighted by Crippen LogP contribution is 2.21. The second-order valence-corrected chi connectivity index (χ2v) is 8.95. The monoisotopic (exact) mass is 432 g/mol. The van der Waals surface area contributed by atoms with Crippen LogP contribution < -0.4 is 5.32 Å². The van der Waals surface area contributed by atoms with Gasteiger partial charge in [0.2, 0.25) is 15.9 Å². The summed E-state index contributed by atoms with van der Waals surface area (Å²) in [6.07, 6.45) is 1.51. The molecule has 0 aliphatic heterocycles. The molecule has 8 heteroatoms. The van der Waals surface area contributed by atoms with Gasteiger partial charge in [0.15, 0.2) is 0 Å². The van der Waals surface area contributed by atoms with Crippen molar-refractivity contribution in [1.29, 1.82) is 0 Å². The predicted octanol–water partition coefficient (Wildman–Crippen LogP) is 3.75. The normalized spacial score (nSPS) is 11.6. The summed E-state index contributed by atoms with van der Waals surface area (Å²) in [5.74, 6) is 0.163. The minimum Gasteiger partial charge on any atom is -0.467 e. The van der Waals surface area contributed by atoms with Crippen LogP contribution in [0, 0.1) is 6.92 Å². The van der Waals surface area contributed by atoms with E-state index in [9.17, 15) is 13.2 Å². The number of hydrogen-bond donors (Lipinski definition) is 1. The van der Waals surface area contributed by atoms with Crippen molar-refractivity contribution in [2.24, 2.45) is 0 Å². The smallest absolute Gasteiger partial charge is 0.243 e. The Bertz CT molecular complexity index is 1060. The van der Waals surface area contributed by atoms with E-state index in [1.54, 1.807) is 12.1 Å². The Hall–Kier alpha value is -2.61. The van der Waals surface area contributed by atoms with Gasteiger partial charge in [-0.3, -0.25) is 4.79 Å². The first-order valence-corrected chi connectivity index (χ1v) is 10.8. The van der Waals surface area contributed by atoms with Crippen molar-refractivity contribution in [3.05, 3.63) is 88.8 Å². The van der Waals surface area contributed by atoms with E-state index >= 15 is 0 Å². The first kappa shape index (κ1) is 21.1. The Labute approximate surface area is 175 Å². The highest BCUT2D eigenvalue weighted by molar-refractivity contribution is 7.89. The third kappa shape index (κ3) is 5.69. The fourth-order valence-electron chi connectivity index (χ4n) is 2.81. The van der Waals surface area contributed by atoms with Crippen LogP contribution in [0.4, 0.5) is 0 Å². The summed E-state index contributed by atoms with van der Waals surface area (Å²) in [5, 5.41) is 3.12. The van der Waals surface area contributed by atoms with Gasteiger partial charge in [-0.15, -0.1) is 0 Å². The van der Waals surface area contributed by atoms with Crippen LogP contribution in [0.5, 0.6) is 0 Å². The van der Waals surface area contributed by atoms with Crippen molar-refractivity contribution in [3.8, 4) is 0 Å². The average Bonchev–Trinajstić information content (AvgIpc) is 3.20. The van der Waals surface area contributed by atoms with E-state index < -0.39 is 15.9 Å². The summed E-state index contributed by atoms with van der Waals surface area (Å²) in [6, 6.07) is 16.8. The van der Waals surface area contributed by atoms with Gasteiger partial charge < -0.3 is 9.73 Å². The Morgan fingerprint density at radius 2 is 1.86 bits per heavy atom. The summed E-state index contributed by atoms with van der Waals surface area (Å²) in [4.78, 5) is 12.5. The number of furan rings is 1. The SMILES string of the molecule is Cc1cccc(CN(CC(=O)NCc2ccco2)S(=O)(=O)c2ccc(Cl)cc2)c1. The molecule has 3 rings (SSSR count). The maximum absolute atomic E-state index is 13.2. The lowest BCUT2D eigenvalue weighted by molar-refractivity contribution is -0.121. The van der Waals surface area contributed by atoms with E-state index in [1.807, 2.05) is 31.2 Å². The van der Waals surface area contributed by atoms with Crippen LogP contribution >= 0.6 is 11.6 Å². The molecule has 0 saturated heterocycles. The molecule has 0 bridgehead atoms. The molecule has 152 valence electrons. The van der Waals surface area contributed by atoms with Crippen LogP contribution in [0.3, 0.4) is 0 Å². The van der Waals surface area contributed by atoms with Crippen molar-refractivity contribution in [1.82, 2.24) is 9.62 Å². The number of sulfonamides is 1. The Morgan fingerprint density at radius 3 is 2.52 bits per heavy atom.